The molecule has 2 aliphatic rings. The molecular weight excluding hydrogens is 226 g/mol. The molecule has 1 aromatic heterocycles. The second kappa shape index (κ2) is 4.67. The number of nitrogens with one attached hydrogen (secondary N) is 1. The normalized spacial score (nSPS) is 19.0. The van der Waals surface area contributed by atoms with E-state index in [2.05, 4.69) is 10.3 Å². The summed E-state index contributed by atoms with van der Waals surface area (Å²) >= 11 is 0. The van der Waals surface area contributed by atoms with Gasteiger partial charge in [-0.15, -0.1) is 0 Å². The quantitative estimate of drug-likeness (QED) is 0.811. The van der Waals surface area contributed by atoms with Crippen LogP contribution in [-0.4, -0.2) is 18.6 Å². The van der Waals surface area contributed by atoms with Crippen LogP contribution in [0.5, 0.6) is 5.88 Å². The summed E-state index contributed by atoms with van der Waals surface area (Å²) < 4.78 is 5.13. The molecule has 0 amide bonds. The molecule has 0 spiro atoms. The van der Waals surface area contributed by atoms with Gasteiger partial charge in [-0.25, -0.2) is 0 Å². The number of ether oxygens (including phenoxy) is 1. The Morgan fingerprint density at radius 1 is 1.33 bits per heavy atom. The molecule has 18 heavy (non-hydrogen) atoms. The summed E-state index contributed by atoms with van der Waals surface area (Å²) in [4.78, 5) is 4.36. The standard InChI is InChI=1S/C14H21N3O/c1-18-13-7-6-12(15)14(17-13)16-8-11(9-2-3-9)10-4-5-10/h6-7,9-11H,2-5,8,15H2,1H3,(H,16,17). The van der Waals surface area contributed by atoms with Gasteiger partial charge in [0.2, 0.25) is 5.88 Å². The van der Waals surface area contributed by atoms with Gasteiger partial charge < -0.3 is 15.8 Å². The van der Waals surface area contributed by atoms with Crippen molar-refractivity contribution in [2.75, 3.05) is 24.7 Å². The fourth-order valence-electron chi connectivity index (χ4n) is 2.69. The van der Waals surface area contributed by atoms with Gasteiger partial charge in [-0.1, -0.05) is 0 Å². The SMILES string of the molecule is COc1ccc(N)c(NCC(C2CC2)C2CC2)n1. The van der Waals surface area contributed by atoms with Crippen molar-refractivity contribution in [3.63, 3.8) is 0 Å². The van der Waals surface area contributed by atoms with E-state index in [1.54, 1.807) is 13.2 Å². The van der Waals surface area contributed by atoms with Crippen molar-refractivity contribution in [3.8, 4) is 5.88 Å². The van der Waals surface area contributed by atoms with Gasteiger partial charge in [-0.2, -0.15) is 4.98 Å². The molecule has 0 atom stereocenters. The Kier molecular flexibility index (Phi) is 3.02. The monoisotopic (exact) mass is 247 g/mol. The number of hydrogen-bond acceptors (Lipinski definition) is 4. The van der Waals surface area contributed by atoms with E-state index in [9.17, 15) is 0 Å². The van der Waals surface area contributed by atoms with Gasteiger partial charge in [0.05, 0.1) is 12.8 Å². The van der Waals surface area contributed by atoms with Crippen LogP contribution < -0.4 is 15.8 Å². The fraction of sp³-hybridized carbons (Fsp3) is 0.643. The number of rotatable bonds is 6. The lowest BCUT2D eigenvalue weighted by atomic mass is 9.98. The van der Waals surface area contributed by atoms with Gasteiger partial charge in [0.25, 0.3) is 0 Å². The zero-order valence-electron chi connectivity index (χ0n) is 10.9. The molecule has 0 saturated heterocycles. The third-order valence-corrected chi connectivity index (χ3v) is 4.07. The maximum absolute atomic E-state index is 5.93. The Morgan fingerprint density at radius 2 is 2.00 bits per heavy atom. The first kappa shape index (κ1) is 11.6. The average molecular weight is 247 g/mol. The average Bonchev–Trinajstić information content (AvgIpc) is 3.25. The predicted molar refractivity (Wildman–Crippen MR) is 72.6 cm³/mol. The Morgan fingerprint density at radius 3 is 2.56 bits per heavy atom. The van der Waals surface area contributed by atoms with E-state index in [1.807, 2.05) is 6.07 Å². The fourth-order valence-corrected chi connectivity index (χ4v) is 2.69. The summed E-state index contributed by atoms with van der Waals surface area (Å²) in [5.41, 5.74) is 6.63. The van der Waals surface area contributed by atoms with Crippen molar-refractivity contribution in [2.45, 2.75) is 25.7 Å². The molecule has 0 radical (unpaired) electrons. The van der Waals surface area contributed by atoms with Gasteiger partial charge in [-0.05, 0) is 49.5 Å². The third-order valence-electron chi connectivity index (χ3n) is 4.07. The van der Waals surface area contributed by atoms with E-state index in [4.69, 9.17) is 10.5 Å². The lowest BCUT2D eigenvalue weighted by Crippen LogP contribution is -2.19. The van der Waals surface area contributed by atoms with Crippen molar-refractivity contribution in [2.24, 2.45) is 17.8 Å². The molecule has 98 valence electrons. The minimum Gasteiger partial charge on any atom is -0.481 e. The summed E-state index contributed by atoms with van der Waals surface area (Å²) in [6.45, 7) is 1.000. The Labute approximate surface area is 108 Å². The van der Waals surface area contributed by atoms with Gasteiger partial charge >= 0.3 is 0 Å². The molecule has 0 bridgehead atoms. The number of pyridine rings is 1. The minimum atomic E-state index is 0.612. The molecule has 4 heteroatoms. The molecule has 0 unspecified atom stereocenters. The molecular formula is C14H21N3O. The van der Waals surface area contributed by atoms with Gasteiger partial charge in [0.1, 0.15) is 0 Å². The molecule has 3 rings (SSSR count). The number of nitrogen functional groups attached to an aromatic ring is 1. The van der Waals surface area contributed by atoms with Crippen molar-refractivity contribution in [3.05, 3.63) is 12.1 Å². The largest absolute Gasteiger partial charge is 0.481 e. The maximum Gasteiger partial charge on any atom is 0.215 e. The topological polar surface area (TPSA) is 60.2 Å². The molecule has 1 aromatic rings. The van der Waals surface area contributed by atoms with Crippen LogP contribution in [0, 0.1) is 17.8 Å². The lowest BCUT2D eigenvalue weighted by molar-refractivity contribution is 0.397. The molecule has 0 aromatic carbocycles. The molecule has 4 nitrogen and oxygen atoms in total. The van der Waals surface area contributed by atoms with Crippen molar-refractivity contribution < 1.29 is 4.74 Å². The Balaban J connectivity index is 1.64. The van der Waals surface area contributed by atoms with Crippen LogP contribution in [0.25, 0.3) is 0 Å². The van der Waals surface area contributed by atoms with E-state index < -0.39 is 0 Å². The highest BCUT2D eigenvalue weighted by Crippen LogP contribution is 2.49. The second-order valence-electron chi connectivity index (χ2n) is 5.51. The highest BCUT2D eigenvalue weighted by atomic mass is 16.5. The first-order valence-corrected chi connectivity index (χ1v) is 6.82. The smallest absolute Gasteiger partial charge is 0.215 e. The van der Waals surface area contributed by atoms with E-state index in [1.165, 1.54) is 25.7 Å². The van der Waals surface area contributed by atoms with Crippen molar-refractivity contribution in [1.82, 2.24) is 4.98 Å². The van der Waals surface area contributed by atoms with E-state index >= 15 is 0 Å². The summed E-state index contributed by atoms with van der Waals surface area (Å²) in [7, 11) is 1.62. The van der Waals surface area contributed by atoms with Crippen molar-refractivity contribution in [1.29, 1.82) is 0 Å². The van der Waals surface area contributed by atoms with E-state index in [0.717, 1.165) is 30.1 Å². The third kappa shape index (κ3) is 2.52. The first-order chi connectivity index (χ1) is 8.78. The predicted octanol–water partition coefficient (Wildman–Crippen LogP) is 2.52. The summed E-state index contributed by atoms with van der Waals surface area (Å²) in [6, 6.07) is 3.64. The molecule has 1 heterocycles. The van der Waals surface area contributed by atoms with Crippen LogP contribution in [0.4, 0.5) is 11.5 Å². The Hall–Kier alpha value is -1.45. The zero-order chi connectivity index (χ0) is 12.5. The molecule has 0 aliphatic heterocycles. The maximum atomic E-state index is 5.93. The van der Waals surface area contributed by atoms with E-state index in [-0.39, 0.29) is 0 Å². The molecule has 3 N–H and O–H groups in total. The van der Waals surface area contributed by atoms with E-state index in [0.29, 0.717) is 11.6 Å². The molecule has 2 saturated carbocycles. The summed E-state index contributed by atoms with van der Waals surface area (Å²) in [6.07, 6.45) is 5.63. The summed E-state index contributed by atoms with van der Waals surface area (Å²) in [5, 5.41) is 3.41. The van der Waals surface area contributed by atoms with Crippen LogP contribution in [0.15, 0.2) is 12.1 Å². The molecule has 2 aliphatic carbocycles. The summed E-state index contributed by atoms with van der Waals surface area (Å²) in [5.74, 6) is 4.08. The van der Waals surface area contributed by atoms with Crippen LogP contribution in [0.2, 0.25) is 0 Å². The number of nitrogens with zero attached hydrogens (tertiary/aromatic N) is 1. The van der Waals surface area contributed by atoms with Gasteiger partial charge in [0.15, 0.2) is 5.82 Å². The molecule has 2 fully saturated rings. The number of anilines is 2. The zero-order valence-corrected chi connectivity index (χ0v) is 10.9. The van der Waals surface area contributed by atoms with Gasteiger partial charge in [-0.3, -0.25) is 0 Å². The Bertz CT molecular complexity index is 415. The lowest BCUT2D eigenvalue weighted by Gasteiger charge is -2.17. The van der Waals surface area contributed by atoms with Gasteiger partial charge in [0, 0.05) is 12.6 Å². The second-order valence-corrected chi connectivity index (χ2v) is 5.51. The van der Waals surface area contributed by atoms with Crippen LogP contribution >= 0.6 is 0 Å². The number of nitrogens with two attached hydrogens (primary N) is 1. The van der Waals surface area contributed by atoms with Crippen molar-refractivity contribution >= 4 is 11.5 Å². The highest BCUT2D eigenvalue weighted by molar-refractivity contribution is 5.61. The number of methoxy groups -OCH3 is 1. The number of aromatic nitrogens is 1. The minimum absolute atomic E-state index is 0.612. The van der Waals surface area contributed by atoms with Crippen LogP contribution in [-0.2, 0) is 0 Å². The first-order valence-electron chi connectivity index (χ1n) is 6.82. The van der Waals surface area contributed by atoms with Crippen LogP contribution in [0.1, 0.15) is 25.7 Å². The highest BCUT2D eigenvalue weighted by Gasteiger charge is 2.41. The number of hydrogen-bond donors (Lipinski definition) is 2. The van der Waals surface area contributed by atoms with Crippen LogP contribution in [0.3, 0.4) is 0 Å².